The van der Waals surface area contributed by atoms with Gasteiger partial charge in [0.15, 0.2) is 0 Å². The summed E-state index contributed by atoms with van der Waals surface area (Å²) in [7, 11) is 0. The largest absolute Gasteiger partial charge is 0.385 e. The van der Waals surface area contributed by atoms with Crippen molar-refractivity contribution in [3.8, 4) is 0 Å². The van der Waals surface area contributed by atoms with Gasteiger partial charge in [-0.25, -0.2) is 4.39 Å². The van der Waals surface area contributed by atoms with E-state index in [1.54, 1.807) is 0 Å². The molecule has 18 heavy (non-hydrogen) atoms. The van der Waals surface area contributed by atoms with E-state index in [1.165, 1.54) is 12.1 Å². The van der Waals surface area contributed by atoms with Crippen LogP contribution in [0.2, 0.25) is 0 Å². The van der Waals surface area contributed by atoms with Gasteiger partial charge in [0.2, 0.25) is 5.91 Å². The van der Waals surface area contributed by atoms with Crippen LogP contribution in [-0.2, 0) is 4.79 Å². The van der Waals surface area contributed by atoms with E-state index in [9.17, 15) is 19.3 Å². The molecule has 0 aromatic heterocycles. The zero-order chi connectivity index (χ0) is 13.5. The molecule has 0 atom stereocenters. The lowest BCUT2D eigenvalue weighted by Crippen LogP contribution is -2.11. The maximum atomic E-state index is 13.1. The van der Waals surface area contributed by atoms with E-state index in [0.717, 1.165) is 6.07 Å². The number of nitrogens with one attached hydrogen (secondary N) is 1. The minimum Gasteiger partial charge on any atom is -0.385 e. The normalized spacial score (nSPS) is 10.1. The van der Waals surface area contributed by atoms with Crippen molar-refractivity contribution in [3.05, 3.63) is 34.1 Å². The summed E-state index contributed by atoms with van der Waals surface area (Å²) in [6, 6.07) is 3.30. The summed E-state index contributed by atoms with van der Waals surface area (Å²) in [5, 5.41) is 13.4. The fourth-order valence-electron chi connectivity index (χ4n) is 1.44. The first kappa shape index (κ1) is 13.9. The molecule has 7 heteroatoms. The van der Waals surface area contributed by atoms with Crippen LogP contribution in [0, 0.1) is 15.9 Å². The van der Waals surface area contributed by atoms with Gasteiger partial charge >= 0.3 is 0 Å². The van der Waals surface area contributed by atoms with Gasteiger partial charge in [-0.1, -0.05) is 0 Å². The van der Waals surface area contributed by atoms with Gasteiger partial charge in [0.25, 0.3) is 5.69 Å². The Morgan fingerprint density at radius 2 is 2.11 bits per heavy atom. The van der Waals surface area contributed by atoms with Crippen molar-refractivity contribution in [1.29, 1.82) is 0 Å². The highest BCUT2D eigenvalue weighted by atomic mass is 19.1. The molecule has 0 heterocycles. The second kappa shape index (κ2) is 6.53. The Kier molecular flexibility index (Phi) is 5.04. The van der Waals surface area contributed by atoms with E-state index in [2.05, 4.69) is 5.32 Å². The summed E-state index contributed by atoms with van der Waals surface area (Å²) in [5.74, 6) is -1.03. The Bertz CT molecular complexity index is 451. The zero-order valence-corrected chi connectivity index (χ0v) is 9.69. The molecule has 1 amide bonds. The van der Waals surface area contributed by atoms with Crippen molar-refractivity contribution in [2.45, 2.75) is 19.3 Å². The lowest BCUT2D eigenvalue weighted by Gasteiger charge is -2.05. The first-order chi connectivity index (χ1) is 8.49. The number of unbranched alkanes of at least 4 members (excludes halogenated alkanes) is 1. The van der Waals surface area contributed by atoms with Crippen LogP contribution < -0.4 is 11.1 Å². The van der Waals surface area contributed by atoms with E-state index < -0.39 is 10.7 Å². The molecular formula is C11H14FN3O3. The number of nitrogens with zero attached hydrogens (tertiary/aromatic N) is 1. The smallest absolute Gasteiger partial charge is 0.274 e. The van der Waals surface area contributed by atoms with Gasteiger partial charge < -0.3 is 11.1 Å². The van der Waals surface area contributed by atoms with Crippen molar-refractivity contribution < 1.29 is 14.1 Å². The summed E-state index contributed by atoms with van der Waals surface area (Å²) in [6.07, 6.45) is 1.60. The molecule has 0 saturated heterocycles. The van der Waals surface area contributed by atoms with Gasteiger partial charge in [0.1, 0.15) is 5.82 Å². The van der Waals surface area contributed by atoms with Crippen molar-refractivity contribution in [2.24, 2.45) is 5.73 Å². The molecule has 0 aliphatic carbocycles. The number of hydrogen-bond acceptors (Lipinski definition) is 4. The Hall–Kier alpha value is -2.18. The van der Waals surface area contributed by atoms with Crippen molar-refractivity contribution in [1.82, 2.24) is 0 Å². The van der Waals surface area contributed by atoms with Crippen LogP contribution in [0.4, 0.5) is 15.8 Å². The molecule has 1 aromatic carbocycles. The highest BCUT2D eigenvalue weighted by molar-refractivity contribution is 5.73. The summed E-state index contributed by atoms with van der Waals surface area (Å²) < 4.78 is 13.1. The minimum atomic E-state index is -0.663. The third kappa shape index (κ3) is 4.77. The summed E-state index contributed by atoms with van der Waals surface area (Å²) in [4.78, 5) is 20.3. The van der Waals surface area contributed by atoms with Crippen molar-refractivity contribution in [2.75, 3.05) is 11.9 Å². The fraction of sp³-hybridized carbons (Fsp3) is 0.364. The van der Waals surface area contributed by atoms with Crippen molar-refractivity contribution in [3.63, 3.8) is 0 Å². The van der Waals surface area contributed by atoms with Crippen molar-refractivity contribution >= 4 is 17.3 Å². The Labute approximate surface area is 103 Å². The van der Waals surface area contributed by atoms with Crippen LogP contribution in [0.15, 0.2) is 18.2 Å². The predicted octanol–water partition coefficient (Wildman–Crippen LogP) is 1.80. The fourth-order valence-corrected chi connectivity index (χ4v) is 1.44. The monoisotopic (exact) mass is 255 g/mol. The number of carbonyl (C=O) groups is 1. The van der Waals surface area contributed by atoms with Crippen LogP contribution in [0.1, 0.15) is 19.3 Å². The molecule has 1 rings (SSSR count). The molecule has 3 N–H and O–H groups in total. The second-order valence-corrected chi connectivity index (χ2v) is 3.81. The molecule has 0 radical (unpaired) electrons. The lowest BCUT2D eigenvalue weighted by molar-refractivity contribution is -0.385. The number of halogens is 1. The molecule has 0 aliphatic heterocycles. The average molecular weight is 255 g/mol. The molecule has 98 valence electrons. The third-order valence-electron chi connectivity index (χ3n) is 2.27. The quantitative estimate of drug-likeness (QED) is 0.441. The first-order valence-electron chi connectivity index (χ1n) is 5.46. The van der Waals surface area contributed by atoms with E-state index in [1.807, 2.05) is 0 Å². The highest BCUT2D eigenvalue weighted by Gasteiger charge is 2.09. The molecule has 0 saturated carbocycles. The van der Waals surface area contributed by atoms with Gasteiger partial charge in [-0.3, -0.25) is 14.9 Å². The predicted molar refractivity (Wildman–Crippen MR) is 64.6 cm³/mol. The SMILES string of the molecule is NC(=O)CCCCNc1cc(F)cc([N+](=O)[O-])c1. The molecule has 0 unspecified atom stereocenters. The minimum absolute atomic E-state index is 0.297. The van der Waals surface area contributed by atoms with E-state index in [0.29, 0.717) is 31.5 Å². The summed E-state index contributed by atoms with van der Waals surface area (Å²) >= 11 is 0. The Morgan fingerprint density at radius 1 is 1.39 bits per heavy atom. The zero-order valence-electron chi connectivity index (χ0n) is 9.69. The third-order valence-corrected chi connectivity index (χ3v) is 2.27. The summed E-state index contributed by atoms with van der Waals surface area (Å²) in [6.45, 7) is 0.494. The van der Waals surface area contributed by atoms with Gasteiger partial charge in [-0.15, -0.1) is 0 Å². The second-order valence-electron chi connectivity index (χ2n) is 3.81. The molecule has 0 fully saturated rings. The number of anilines is 1. The standard InChI is InChI=1S/C11H14FN3O3/c12-8-5-9(7-10(6-8)15(17)18)14-4-2-1-3-11(13)16/h5-7,14H,1-4H2,(H2,13,16). The molecule has 0 bridgehead atoms. The molecule has 0 spiro atoms. The number of non-ortho nitro benzene ring substituents is 1. The average Bonchev–Trinajstić information content (AvgIpc) is 2.27. The van der Waals surface area contributed by atoms with E-state index >= 15 is 0 Å². The maximum absolute atomic E-state index is 13.1. The number of hydrogen-bond donors (Lipinski definition) is 2. The summed E-state index contributed by atoms with van der Waals surface area (Å²) in [5.41, 5.74) is 5.03. The Morgan fingerprint density at radius 3 is 2.72 bits per heavy atom. The van der Waals surface area contributed by atoms with Gasteiger partial charge in [-0.2, -0.15) is 0 Å². The molecule has 0 aliphatic rings. The van der Waals surface area contributed by atoms with Crippen LogP contribution in [0.25, 0.3) is 0 Å². The van der Waals surface area contributed by atoms with Gasteiger partial charge in [0.05, 0.1) is 11.0 Å². The van der Waals surface area contributed by atoms with E-state index in [-0.39, 0.29) is 11.6 Å². The molecule has 6 nitrogen and oxygen atoms in total. The number of nitro groups is 1. The van der Waals surface area contributed by atoms with Gasteiger partial charge in [-0.05, 0) is 18.9 Å². The number of carbonyl (C=O) groups excluding carboxylic acids is 1. The highest BCUT2D eigenvalue weighted by Crippen LogP contribution is 2.19. The Balaban J connectivity index is 2.47. The number of rotatable bonds is 7. The number of amides is 1. The van der Waals surface area contributed by atoms with Crippen LogP contribution >= 0.6 is 0 Å². The lowest BCUT2D eigenvalue weighted by atomic mass is 10.2. The van der Waals surface area contributed by atoms with Crippen LogP contribution in [0.3, 0.4) is 0 Å². The van der Waals surface area contributed by atoms with E-state index in [4.69, 9.17) is 5.73 Å². The topological polar surface area (TPSA) is 98.3 Å². The molecular weight excluding hydrogens is 241 g/mol. The maximum Gasteiger partial charge on any atom is 0.274 e. The number of nitrogens with two attached hydrogens (primary N) is 1. The first-order valence-corrected chi connectivity index (χ1v) is 5.46. The van der Waals surface area contributed by atoms with Gasteiger partial charge in [0, 0.05) is 24.7 Å². The van der Waals surface area contributed by atoms with Crippen LogP contribution in [-0.4, -0.2) is 17.4 Å². The number of primary amides is 1. The van der Waals surface area contributed by atoms with Crippen LogP contribution in [0.5, 0.6) is 0 Å². The number of benzene rings is 1. The molecule has 1 aromatic rings. The number of nitro benzene ring substituents is 1.